The number of amides is 1. The number of nitrogens with one attached hydrogen (secondary N) is 1. The summed E-state index contributed by atoms with van der Waals surface area (Å²) in [4.78, 5) is 12.4. The fraction of sp³-hybridized carbons (Fsp3) is 0.235. The molecule has 0 saturated carbocycles. The maximum atomic E-state index is 12.4. The average Bonchev–Trinajstić information content (AvgIpc) is 2.97. The molecule has 114 valence electrons. The number of hydrogen-bond acceptors (Lipinski definition) is 3. The van der Waals surface area contributed by atoms with Crippen LogP contribution in [0.4, 0.5) is 0 Å². The van der Waals surface area contributed by atoms with Gasteiger partial charge in [-0.25, -0.2) is 0 Å². The van der Waals surface area contributed by atoms with E-state index in [4.69, 9.17) is 21.1 Å². The minimum absolute atomic E-state index is 0.0769. The summed E-state index contributed by atoms with van der Waals surface area (Å²) in [5.74, 6) is 1.07. The fourth-order valence-corrected chi connectivity index (χ4v) is 2.81. The number of halogens is 1. The van der Waals surface area contributed by atoms with Crippen LogP contribution in [-0.4, -0.2) is 19.6 Å². The summed E-state index contributed by atoms with van der Waals surface area (Å²) in [5, 5.41) is 3.49. The fourth-order valence-electron chi connectivity index (χ4n) is 2.58. The van der Waals surface area contributed by atoms with Gasteiger partial charge in [-0.1, -0.05) is 35.9 Å². The van der Waals surface area contributed by atoms with Crippen molar-refractivity contribution in [3.8, 4) is 11.5 Å². The predicted molar refractivity (Wildman–Crippen MR) is 84.5 cm³/mol. The van der Waals surface area contributed by atoms with Gasteiger partial charge in [-0.2, -0.15) is 0 Å². The van der Waals surface area contributed by atoms with Crippen LogP contribution < -0.4 is 14.8 Å². The molecule has 4 nitrogen and oxygen atoms in total. The Kier molecular flexibility index (Phi) is 4.20. The molecule has 2 aromatic rings. The molecule has 1 aliphatic rings. The summed E-state index contributed by atoms with van der Waals surface area (Å²) in [5.41, 5.74) is 1.69. The maximum Gasteiger partial charge on any atom is 0.231 e. The topological polar surface area (TPSA) is 47.6 Å². The normalized spacial score (nSPS) is 15.8. The van der Waals surface area contributed by atoms with Gasteiger partial charge in [-0.3, -0.25) is 4.79 Å². The zero-order valence-electron chi connectivity index (χ0n) is 12.1. The summed E-state index contributed by atoms with van der Waals surface area (Å²) in [7, 11) is 1.58. The van der Waals surface area contributed by atoms with Gasteiger partial charge in [0.05, 0.1) is 7.11 Å². The van der Waals surface area contributed by atoms with Crippen molar-refractivity contribution in [2.24, 2.45) is 0 Å². The van der Waals surface area contributed by atoms with E-state index in [0.717, 1.165) is 16.9 Å². The molecule has 5 heteroatoms. The lowest BCUT2D eigenvalue weighted by atomic mass is 10.0. The van der Waals surface area contributed by atoms with Gasteiger partial charge in [0.25, 0.3) is 0 Å². The van der Waals surface area contributed by atoms with Gasteiger partial charge >= 0.3 is 0 Å². The third-order valence-electron chi connectivity index (χ3n) is 3.75. The van der Waals surface area contributed by atoms with Crippen LogP contribution >= 0.6 is 11.6 Å². The van der Waals surface area contributed by atoms with E-state index in [1.165, 1.54) is 0 Å². The Hall–Kier alpha value is -2.20. The van der Waals surface area contributed by atoms with Crippen LogP contribution in [0.1, 0.15) is 17.0 Å². The lowest BCUT2D eigenvalue weighted by Gasteiger charge is -2.13. The Morgan fingerprint density at radius 3 is 2.95 bits per heavy atom. The molecule has 0 spiro atoms. The van der Waals surface area contributed by atoms with E-state index in [2.05, 4.69) is 5.32 Å². The summed E-state index contributed by atoms with van der Waals surface area (Å²) in [6.07, 6.45) is 0. The molecule has 0 fully saturated rings. The van der Waals surface area contributed by atoms with Gasteiger partial charge in [0.2, 0.25) is 5.91 Å². The molecule has 1 aliphatic heterocycles. The van der Waals surface area contributed by atoms with Crippen molar-refractivity contribution in [3.63, 3.8) is 0 Å². The second kappa shape index (κ2) is 6.28. The van der Waals surface area contributed by atoms with Gasteiger partial charge in [0, 0.05) is 22.7 Å². The Balaban J connectivity index is 1.72. The monoisotopic (exact) mass is 317 g/mol. The highest BCUT2D eigenvalue weighted by atomic mass is 35.5. The Morgan fingerprint density at radius 1 is 1.32 bits per heavy atom. The molecule has 0 aromatic heterocycles. The largest absolute Gasteiger partial charge is 0.496 e. The molecule has 0 saturated heterocycles. The molecule has 0 radical (unpaired) electrons. The molecule has 1 unspecified atom stereocenters. The smallest absolute Gasteiger partial charge is 0.231 e. The number of carbonyl (C=O) groups is 1. The van der Waals surface area contributed by atoms with E-state index in [0.29, 0.717) is 23.9 Å². The molecule has 22 heavy (non-hydrogen) atoms. The second-order valence-corrected chi connectivity index (χ2v) is 5.45. The van der Waals surface area contributed by atoms with Crippen LogP contribution in [0.25, 0.3) is 0 Å². The highest BCUT2D eigenvalue weighted by molar-refractivity contribution is 6.31. The van der Waals surface area contributed by atoms with Crippen LogP contribution in [0.2, 0.25) is 5.02 Å². The van der Waals surface area contributed by atoms with Crippen molar-refractivity contribution in [2.45, 2.75) is 12.5 Å². The average molecular weight is 318 g/mol. The molecule has 1 N–H and O–H groups in total. The molecule has 0 aliphatic carbocycles. The lowest BCUT2D eigenvalue weighted by Crippen LogP contribution is -2.30. The summed E-state index contributed by atoms with van der Waals surface area (Å²) >= 11 is 6.18. The maximum absolute atomic E-state index is 12.4. The zero-order chi connectivity index (χ0) is 15.5. The minimum Gasteiger partial charge on any atom is -0.496 e. The van der Waals surface area contributed by atoms with E-state index in [1.807, 2.05) is 36.4 Å². The summed E-state index contributed by atoms with van der Waals surface area (Å²) < 4.78 is 10.8. The number of fused-ring (bicyclic) bond motifs is 1. The van der Waals surface area contributed by atoms with E-state index in [9.17, 15) is 4.79 Å². The number of ether oxygens (including phenoxy) is 2. The number of methoxy groups -OCH3 is 1. The highest BCUT2D eigenvalue weighted by Gasteiger charge is 2.29. The zero-order valence-corrected chi connectivity index (χ0v) is 12.9. The predicted octanol–water partition coefficient (Wildman–Crippen LogP) is 3.14. The van der Waals surface area contributed by atoms with Gasteiger partial charge < -0.3 is 14.8 Å². The third-order valence-corrected chi connectivity index (χ3v) is 4.11. The van der Waals surface area contributed by atoms with E-state index >= 15 is 0 Å². The molecular weight excluding hydrogens is 302 g/mol. The van der Waals surface area contributed by atoms with E-state index in [1.54, 1.807) is 13.2 Å². The number of carbonyl (C=O) groups excluding carboxylic acids is 1. The quantitative estimate of drug-likeness (QED) is 0.942. The minimum atomic E-state index is -0.287. The van der Waals surface area contributed by atoms with E-state index < -0.39 is 0 Å². The van der Waals surface area contributed by atoms with Crippen LogP contribution in [0.15, 0.2) is 42.5 Å². The van der Waals surface area contributed by atoms with Gasteiger partial charge in [0.1, 0.15) is 24.0 Å². The van der Waals surface area contributed by atoms with Crippen molar-refractivity contribution in [1.82, 2.24) is 5.32 Å². The Labute approximate surface area is 134 Å². The second-order valence-electron chi connectivity index (χ2n) is 5.04. The van der Waals surface area contributed by atoms with Crippen LogP contribution in [0, 0.1) is 0 Å². The molecular formula is C17H16ClNO3. The van der Waals surface area contributed by atoms with Crippen molar-refractivity contribution in [2.75, 3.05) is 13.7 Å². The van der Waals surface area contributed by atoms with Crippen molar-refractivity contribution in [3.05, 3.63) is 58.6 Å². The number of rotatable bonds is 4. The lowest BCUT2D eigenvalue weighted by molar-refractivity contribution is -0.122. The molecule has 1 atom stereocenters. The first-order valence-corrected chi connectivity index (χ1v) is 7.39. The van der Waals surface area contributed by atoms with Crippen molar-refractivity contribution < 1.29 is 14.3 Å². The molecule has 0 bridgehead atoms. The molecule has 1 amide bonds. The highest BCUT2D eigenvalue weighted by Crippen LogP contribution is 2.33. The Morgan fingerprint density at radius 2 is 2.14 bits per heavy atom. The standard InChI is InChI=1S/C17H16ClNO3/c1-21-15-8-4-6-14(18)12(15)9-19-17(20)13-10-22-16-7-3-2-5-11(13)16/h2-8,13H,9-10H2,1H3,(H,19,20). The molecule has 1 heterocycles. The number of benzene rings is 2. The first-order valence-electron chi connectivity index (χ1n) is 7.01. The third kappa shape index (κ3) is 2.74. The molecule has 3 rings (SSSR count). The number of hydrogen-bond donors (Lipinski definition) is 1. The summed E-state index contributed by atoms with van der Waals surface area (Å²) in [6, 6.07) is 13.0. The van der Waals surface area contributed by atoms with Crippen LogP contribution in [0.3, 0.4) is 0 Å². The Bertz CT molecular complexity index is 702. The van der Waals surface area contributed by atoms with Gasteiger partial charge in [-0.15, -0.1) is 0 Å². The van der Waals surface area contributed by atoms with Crippen molar-refractivity contribution >= 4 is 17.5 Å². The SMILES string of the molecule is COc1cccc(Cl)c1CNC(=O)C1COc2ccccc21. The van der Waals surface area contributed by atoms with Crippen LogP contribution in [-0.2, 0) is 11.3 Å². The van der Waals surface area contributed by atoms with E-state index in [-0.39, 0.29) is 11.8 Å². The number of para-hydroxylation sites is 1. The van der Waals surface area contributed by atoms with Gasteiger partial charge in [0.15, 0.2) is 0 Å². The molecule has 2 aromatic carbocycles. The van der Waals surface area contributed by atoms with Crippen LogP contribution in [0.5, 0.6) is 11.5 Å². The van der Waals surface area contributed by atoms with Crippen molar-refractivity contribution in [1.29, 1.82) is 0 Å². The van der Waals surface area contributed by atoms with Gasteiger partial charge in [-0.05, 0) is 18.2 Å². The first-order chi connectivity index (χ1) is 10.7. The summed E-state index contributed by atoms with van der Waals surface area (Å²) in [6.45, 7) is 0.686. The first kappa shape index (κ1) is 14.7.